The summed E-state index contributed by atoms with van der Waals surface area (Å²) in [6.07, 6.45) is 6.88. The Bertz CT molecular complexity index is 1720. The molecule has 0 bridgehead atoms. The van der Waals surface area contributed by atoms with Crippen LogP contribution in [0.25, 0.3) is 22.3 Å². The Balaban J connectivity index is 0.00000480. The summed E-state index contributed by atoms with van der Waals surface area (Å²) in [4.78, 5) is 30.1. The molecule has 0 aliphatic heterocycles. The maximum Gasteiger partial charge on any atom is 1.00 e. The van der Waals surface area contributed by atoms with Crippen LogP contribution in [-0.4, -0.2) is 52.5 Å². The molecule has 0 atom stereocenters. The molecule has 240 valence electrons. The predicted molar refractivity (Wildman–Crippen MR) is 170 cm³/mol. The number of carbonyl (C=O) groups is 2. The van der Waals surface area contributed by atoms with Gasteiger partial charge in [0, 0.05) is 36.9 Å². The van der Waals surface area contributed by atoms with Gasteiger partial charge in [-0.2, -0.15) is 4.98 Å². The molecule has 46 heavy (non-hydrogen) atoms. The number of aliphatic carboxylic acids is 1. The van der Waals surface area contributed by atoms with Crippen molar-refractivity contribution in [2.75, 3.05) is 26.6 Å². The Morgan fingerprint density at radius 1 is 0.913 bits per heavy atom. The number of benzene rings is 2. The first-order valence-corrected chi connectivity index (χ1v) is 15.5. The zero-order chi connectivity index (χ0) is 32.2. The Hall–Kier alpha value is -2.90. The Labute approximate surface area is 312 Å². The molecule has 1 saturated carbocycles. The molecule has 12 heteroatoms. The standard InChI is InChI=1S/C34H43N5O6.K/c1-20-16-30(45-6)25(18-28(20)43-4)32-35-34(37-39(32)15-12-23-10-8-7-9-11-23)36-33(42)27-17-24-21(2)22(3)29(44-5)19-26(24)38(27)14-13-31(40)41;/h16-19,23H,7-15H2,1-6H3,(H,40,41)(H,36,37,42);/q;+1/p-1. The number of carboxylic acids is 1. The number of rotatable bonds is 12. The SMILES string of the molecule is COc1cc(-c2nc(NC(=O)c3cc4c(C)c(C)c(OC)cc4n3CCC(=O)[O-])nn2CCC2CCCCC2)c(OC)cc1C.[K+]. The Morgan fingerprint density at radius 3 is 2.26 bits per heavy atom. The number of anilines is 1. The van der Waals surface area contributed by atoms with Gasteiger partial charge in [-0.15, -0.1) is 5.10 Å². The van der Waals surface area contributed by atoms with E-state index < -0.39 is 11.9 Å². The quantitative estimate of drug-likeness (QED) is 0.230. The summed E-state index contributed by atoms with van der Waals surface area (Å²) in [6.45, 7) is 6.53. The van der Waals surface area contributed by atoms with Crippen molar-refractivity contribution in [2.24, 2.45) is 5.92 Å². The number of carbonyl (C=O) groups excluding carboxylic acids is 2. The van der Waals surface area contributed by atoms with E-state index in [0.717, 1.165) is 28.5 Å². The summed E-state index contributed by atoms with van der Waals surface area (Å²) in [5.41, 5.74) is 4.50. The molecule has 1 aliphatic rings. The van der Waals surface area contributed by atoms with Crippen molar-refractivity contribution in [3.63, 3.8) is 0 Å². The topological polar surface area (TPSA) is 133 Å². The van der Waals surface area contributed by atoms with Crippen LogP contribution < -0.4 is 76.0 Å². The van der Waals surface area contributed by atoms with Gasteiger partial charge in [0.25, 0.3) is 5.91 Å². The number of methoxy groups -OCH3 is 3. The summed E-state index contributed by atoms with van der Waals surface area (Å²) < 4.78 is 20.4. The molecule has 0 unspecified atom stereocenters. The first kappa shape index (κ1) is 35.9. The van der Waals surface area contributed by atoms with Crippen LogP contribution in [0.1, 0.15) is 72.1 Å². The number of ether oxygens (including phenoxy) is 3. The molecule has 1 amide bonds. The van der Waals surface area contributed by atoms with Crippen LogP contribution in [0.4, 0.5) is 5.95 Å². The van der Waals surface area contributed by atoms with Crippen LogP contribution in [0.15, 0.2) is 24.3 Å². The predicted octanol–water partition coefficient (Wildman–Crippen LogP) is 2.22. The molecule has 0 radical (unpaired) electrons. The summed E-state index contributed by atoms with van der Waals surface area (Å²) in [5.74, 6) is 1.63. The van der Waals surface area contributed by atoms with E-state index in [2.05, 4.69) is 5.32 Å². The molecule has 1 fully saturated rings. The van der Waals surface area contributed by atoms with Crippen molar-refractivity contribution in [2.45, 2.75) is 78.8 Å². The van der Waals surface area contributed by atoms with E-state index in [9.17, 15) is 14.7 Å². The van der Waals surface area contributed by atoms with Gasteiger partial charge in [0.15, 0.2) is 5.82 Å². The second-order valence-corrected chi connectivity index (χ2v) is 11.8. The van der Waals surface area contributed by atoms with E-state index in [1.807, 2.05) is 43.7 Å². The zero-order valence-corrected chi connectivity index (χ0v) is 31.1. The number of amides is 1. The van der Waals surface area contributed by atoms with Crippen molar-refractivity contribution in [3.8, 4) is 28.6 Å². The summed E-state index contributed by atoms with van der Waals surface area (Å²) >= 11 is 0. The molecule has 5 rings (SSSR count). The molecular weight excluding hydrogens is 614 g/mol. The number of hydrogen-bond donors (Lipinski definition) is 1. The minimum atomic E-state index is -1.20. The maximum atomic E-state index is 13.9. The fraction of sp³-hybridized carbons (Fsp3) is 0.471. The van der Waals surface area contributed by atoms with Crippen molar-refractivity contribution in [1.29, 1.82) is 0 Å². The van der Waals surface area contributed by atoms with Gasteiger partial charge in [0.1, 0.15) is 22.9 Å². The van der Waals surface area contributed by atoms with Crippen LogP contribution in [-0.2, 0) is 17.9 Å². The maximum absolute atomic E-state index is 13.9. The van der Waals surface area contributed by atoms with E-state index in [-0.39, 0.29) is 76.0 Å². The van der Waals surface area contributed by atoms with Crippen molar-refractivity contribution in [3.05, 3.63) is 46.6 Å². The number of aryl methyl sites for hydroxylation is 4. The van der Waals surface area contributed by atoms with E-state index in [0.29, 0.717) is 46.6 Å². The first-order chi connectivity index (χ1) is 21.6. The van der Waals surface area contributed by atoms with Gasteiger partial charge in [-0.05, 0) is 68.0 Å². The van der Waals surface area contributed by atoms with Crippen molar-refractivity contribution in [1.82, 2.24) is 19.3 Å². The van der Waals surface area contributed by atoms with Gasteiger partial charge in [0.05, 0.1) is 32.4 Å². The number of aromatic nitrogens is 4. The van der Waals surface area contributed by atoms with Gasteiger partial charge >= 0.3 is 51.4 Å². The molecule has 0 spiro atoms. The summed E-state index contributed by atoms with van der Waals surface area (Å²) in [6, 6.07) is 7.39. The van der Waals surface area contributed by atoms with Crippen LogP contribution in [0.2, 0.25) is 0 Å². The fourth-order valence-electron chi connectivity index (χ4n) is 6.40. The molecule has 2 aromatic carbocycles. The monoisotopic (exact) mass is 655 g/mol. The first-order valence-electron chi connectivity index (χ1n) is 15.5. The number of hydrogen-bond acceptors (Lipinski definition) is 8. The summed E-state index contributed by atoms with van der Waals surface area (Å²) in [5, 5.41) is 19.9. The fourth-order valence-corrected chi connectivity index (χ4v) is 6.40. The zero-order valence-electron chi connectivity index (χ0n) is 28.0. The molecule has 11 nitrogen and oxygen atoms in total. The van der Waals surface area contributed by atoms with Gasteiger partial charge in [0.2, 0.25) is 5.95 Å². The van der Waals surface area contributed by atoms with E-state index in [4.69, 9.17) is 24.3 Å². The average molecular weight is 656 g/mol. The molecule has 2 heterocycles. The van der Waals surface area contributed by atoms with E-state index in [1.54, 1.807) is 32.0 Å². The van der Waals surface area contributed by atoms with Crippen LogP contribution in [0.5, 0.6) is 17.2 Å². The largest absolute Gasteiger partial charge is 1.00 e. The van der Waals surface area contributed by atoms with Crippen molar-refractivity contribution < 1.29 is 80.3 Å². The molecule has 0 saturated heterocycles. The minimum Gasteiger partial charge on any atom is -0.550 e. The Kier molecular flexibility index (Phi) is 12.3. The van der Waals surface area contributed by atoms with Gasteiger partial charge in [-0.1, -0.05) is 32.1 Å². The van der Waals surface area contributed by atoms with Gasteiger partial charge < -0.3 is 28.7 Å². The molecule has 1 N–H and O–H groups in total. The minimum absolute atomic E-state index is 0. The van der Waals surface area contributed by atoms with Crippen LogP contribution >= 0.6 is 0 Å². The van der Waals surface area contributed by atoms with Gasteiger partial charge in [-0.3, -0.25) is 10.1 Å². The van der Waals surface area contributed by atoms with E-state index in [1.165, 1.54) is 32.1 Å². The summed E-state index contributed by atoms with van der Waals surface area (Å²) in [7, 11) is 4.82. The van der Waals surface area contributed by atoms with Crippen molar-refractivity contribution >= 4 is 28.7 Å². The Morgan fingerprint density at radius 2 is 1.61 bits per heavy atom. The molecular formula is C34H42KN5O6. The van der Waals surface area contributed by atoms with E-state index >= 15 is 0 Å². The second kappa shape index (κ2) is 15.8. The number of nitrogens with one attached hydrogen (secondary N) is 1. The normalized spacial score (nSPS) is 13.3. The second-order valence-electron chi connectivity index (χ2n) is 11.8. The number of carboxylic acid groups (broad SMARTS) is 1. The molecule has 1 aliphatic carbocycles. The van der Waals surface area contributed by atoms with Crippen LogP contribution in [0.3, 0.4) is 0 Å². The molecule has 4 aromatic rings. The van der Waals surface area contributed by atoms with Crippen LogP contribution in [0, 0.1) is 26.7 Å². The third-order valence-electron chi connectivity index (χ3n) is 9.06. The third kappa shape index (κ3) is 7.62. The van der Waals surface area contributed by atoms with Gasteiger partial charge in [-0.25, -0.2) is 4.68 Å². The smallest absolute Gasteiger partial charge is 0.550 e. The average Bonchev–Trinajstić information content (AvgIpc) is 3.61. The molecule has 2 aromatic heterocycles. The number of nitrogens with zero attached hydrogens (tertiary/aromatic N) is 4. The third-order valence-corrected chi connectivity index (χ3v) is 9.06. The number of fused-ring (bicyclic) bond motifs is 1.